The number of para-hydroxylation sites is 1. The third-order valence-electron chi connectivity index (χ3n) is 4.42. The summed E-state index contributed by atoms with van der Waals surface area (Å²) >= 11 is 0. The van der Waals surface area contributed by atoms with Gasteiger partial charge in [-0.3, -0.25) is 14.6 Å². The molecule has 2 amide bonds. The summed E-state index contributed by atoms with van der Waals surface area (Å²) in [5.41, 5.74) is 1.21. The first-order valence-electron chi connectivity index (χ1n) is 9.01. The van der Waals surface area contributed by atoms with Crippen LogP contribution >= 0.6 is 0 Å². The van der Waals surface area contributed by atoms with Crippen LogP contribution in [0.25, 0.3) is 0 Å². The minimum Gasteiger partial charge on any atom is -0.366 e. The molecule has 2 heterocycles. The van der Waals surface area contributed by atoms with Crippen LogP contribution in [0.1, 0.15) is 34.7 Å². The van der Waals surface area contributed by atoms with Crippen LogP contribution < -0.4 is 10.2 Å². The average Bonchev–Trinajstić information content (AvgIpc) is 2.67. The maximum absolute atomic E-state index is 13.9. The van der Waals surface area contributed by atoms with Crippen molar-refractivity contribution in [3.63, 3.8) is 0 Å². The molecule has 0 radical (unpaired) electrons. The molecule has 0 bridgehead atoms. The zero-order valence-electron chi connectivity index (χ0n) is 15.5. The van der Waals surface area contributed by atoms with Gasteiger partial charge < -0.3 is 15.1 Å². The molecule has 1 N–H and O–H groups in total. The first-order chi connectivity index (χ1) is 13.0. The Balaban J connectivity index is 1.66. The molecule has 3 rings (SSSR count). The minimum absolute atomic E-state index is 0.00915. The fraction of sp³-hybridized carbons (Fsp3) is 0.350. The van der Waals surface area contributed by atoms with E-state index >= 15 is 0 Å². The standard InChI is InChI=1S/C20H23FN4O2/c1-14(2)23-19(26)17-13-15(7-8-22-17)20(27)25-11-9-24(10-12-25)18-6-4-3-5-16(18)21/h3-8,13-14H,9-12H2,1-2H3,(H,23,26). The topological polar surface area (TPSA) is 65.5 Å². The number of halogens is 1. The van der Waals surface area contributed by atoms with Crippen molar-refractivity contribution < 1.29 is 14.0 Å². The summed E-state index contributed by atoms with van der Waals surface area (Å²) in [6.45, 7) is 5.81. The summed E-state index contributed by atoms with van der Waals surface area (Å²) in [4.78, 5) is 32.6. The third-order valence-corrected chi connectivity index (χ3v) is 4.42. The number of pyridine rings is 1. The Morgan fingerprint density at radius 3 is 2.48 bits per heavy atom. The molecule has 1 fully saturated rings. The lowest BCUT2D eigenvalue weighted by atomic mass is 10.1. The van der Waals surface area contributed by atoms with Crippen LogP contribution in [-0.4, -0.2) is 53.9 Å². The number of hydrogen-bond acceptors (Lipinski definition) is 4. The van der Waals surface area contributed by atoms with Crippen molar-refractivity contribution in [2.45, 2.75) is 19.9 Å². The molecular weight excluding hydrogens is 347 g/mol. The zero-order chi connectivity index (χ0) is 19.4. The Morgan fingerprint density at radius 1 is 1.11 bits per heavy atom. The van der Waals surface area contributed by atoms with E-state index in [1.807, 2.05) is 18.7 Å². The number of piperazine rings is 1. The summed E-state index contributed by atoms with van der Waals surface area (Å²) < 4.78 is 13.9. The predicted octanol–water partition coefficient (Wildman–Crippen LogP) is 2.32. The van der Waals surface area contributed by atoms with Gasteiger partial charge in [0.2, 0.25) is 0 Å². The van der Waals surface area contributed by atoms with Gasteiger partial charge in [-0.2, -0.15) is 0 Å². The van der Waals surface area contributed by atoms with E-state index in [1.54, 1.807) is 29.2 Å². The lowest BCUT2D eigenvalue weighted by Gasteiger charge is -2.36. The number of hydrogen-bond donors (Lipinski definition) is 1. The van der Waals surface area contributed by atoms with E-state index in [-0.39, 0.29) is 29.4 Å². The van der Waals surface area contributed by atoms with Crippen molar-refractivity contribution in [1.82, 2.24) is 15.2 Å². The fourth-order valence-corrected chi connectivity index (χ4v) is 3.07. The number of amides is 2. The van der Waals surface area contributed by atoms with Gasteiger partial charge in [-0.25, -0.2) is 4.39 Å². The zero-order valence-corrected chi connectivity index (χ0v) is 15.5. The van der Waals surface area contributed by atoms with Crippen molar-refractivity contribution in [3.8, 4) is 0 Å². The minimum atomic E-state index is -0.302. The molecule has 0 saturated carbocycles. The van der Waals surface area contributed by atoms with Crippen molar-refractivity contribution in [3.05, 3.63) is 59.7 Å². The summed E-state index contributed by atoms with van der Waals surface area (Å²) in [5.74, 6) is -0.708. The number of rotatable bonds is 4. The van der Waals surface area contributed by atoms with Crippen LogP contribution in [0, 0.1) is 5.82 Å². The monoisotopic (exact) mass is 370 g/mol. The van der Waals surface area contributed by atoms with Crippen LogP contribution in [0.4, 0.5) is 10.1 Å². The lowest BCUT2D eigenvalue weighted by Crippen LogP contribution is -2.49. The molecule has 7 heteroatoms. The van der Waals surface area contributed by atoms with Crippen molar-refractivity contribution >= 4 is 17.5 Å². The van der Waals surface area contributed by atoms with E-state index in [0.29, 0.717) is 37.4 Å². The predicted molar refractivity (Wildman–Crippen MR) is 101 cm³/mol. The Labute approximate surface area is 158 Å². The fourth-order valence-electron chi connectivity index (χ4n) is 3.07. The van der Waals surface area contributed by atoms with E-state index in [9.17, 15) is 14.0 Å². The molecule has 0 spiro atoms. The highest BCUT2D eigenvalue weighted by Crippen LogP contribution is 2.20. The van der Waals surface area contributed by atoms with Gasteiger partial charge in [-0.05, 0) is 38.1 Å². The van der Waals surface area contributed by atoms with Gasteiger partial charge in [0.15, 0.2) is 0 Å². The summed E-state index contributed by atoms with van der Waals surface area (Å²) in [6, 6.07) is 9.76. The second-order valence-corrected chi connectivity index (χ2v) is 6.79. The van der Waals surface area contributed by atoms with Gasteiger partial charge in [0.05, 0.1) is 5.69 Å². The normalized spacial score (nSPS) is 14.4. The largest absolute Gasteiger partial charge is 0.366 e. The summed E-state index contributed by atoms with van der Waals surface area (Å²) in [6.07, 6.45) is 1.47. The Bertz CT molecular complexity index is 832. The lowest BCUT2D eigenvalue weighted by molar-refractivity contribution is 0.0746. The molecule has 0 atom stereocenters. The van der Waals surface area contributed by atoms with Gasteiger partial charge in [-0.1, -0.05) is 12.1 Å². The Morgan fingerprint density at radius 2 is 1.81 bits per heavy atom. The number of anilines is 1. The second kappa shape index (κ2) is 8.16. The highest BCUT2D eigenvalue weighted by Gasteiger charge is 2.24. The smallest absolute Gasteiger partial charge is 0.270 e. The van der Waals surface area contributed by atoms with Crippen LogP contribution in [0.2, 0.25) is 0 Å². The molecular formula is C20H23FN4O2. The average molecular weight is 370 g/mol. The van der Waals surface area contributed by atoms with Gasteiger partial charge in [0.1, 0.15) is 11.5 Å². The Hall–Kier alpha value is -2.96. The number of benzene rings is 1. The van der Waals surface area contributed by atoms with Crippen LogP contribution in [0.5, 0.6) is 0 Å². The van der Waals surface area contributed by atoms with E-state index in [2.05, 4.69) is 10.3 Å². The van der Waals surface area contributed by atoms with Crippen LogP contribution in [0.15, 0.2) is 42.6 Å². The molecule has 1 saturated heterocycles. The van der Waals surface area contributed by atoms with Gasteiger partial charge in [-0.15, -0.1) is 0 Å². The van der Waals surface area contributed by atoms with E-state index in [1.165, 1.54) is 18.3 Å². The van der Waals surface area contributed by atoms with Crippen LogP contribution in [-0.2, 0) is 0 Å². The van der Waals surface area contributed by atoms with E-state index < -0.39 is 0 Å². The molecule has 2 aromatic rings. The maximum atomic E-state index is 13.9. The molecule has 27 heavy (non-hydrogen) atoms. The molecule has 142 valence electrons. The molecule has 1 aliphatic rings. The molecule has 1 aromatic heterocycles. The maximum Gasteiger partial charge on any atom is 0.270 e. The van der Waals surface area contributed by atoms with Crippen molar-refractivity contribution in [1.29, 1.82) is 0 Å². The summed E-state index contributed by atoms with van der Waals surface area (Å²) in [5, 5.41) is 2.77. The van der Waals surface area contributed by atoms with Gasteiger partial charge >= 0.3 is 0 Å². The second-order valence-electron chi connectivity index (χ2n) is 6.79. The summed E-state index contributed by atoms with van der Waals surface area (Å²) in [7, 11) is 0. The van der Waals surface area contributed by atoms with Crippen molar-refractivity contribution in [2.75, 3.05) is 31.1 Å². The molecule has 6 nitrogen and oxygen atoms in total. The number of carbonyl (C=O) groups excluding carboxylic acids is 2. The third kappa shape index (κ3) is 4.42. The Kier molecular flexibility index (Phi) is 5.69. The van der Waals surface area contributed by atoms with E-state index in [0.717, 1.165) is 0 Å². The first kappa shape index (κ1) is 18.8. The molecule has 1 aliphatic heterocycles. The SMILES string of the molecule is CC(C)NC(=O)c1cc(C(=O)N2CCN(c3ccccc3F)CC2)ccn1. The number of carbonyl (C=O) groups is 2. The molecule has 0 aliphatic carbocycles. The molecule has 0 unspecified atom stereocenters. The highest BCUT2D eigenvalue weighted by atomic mass is 19.1. The molecule has 1 aromatic carbocycles. The van der Waals surface area contributed by atoms with Crippen molar-refractivity contribution in [2.24, 2.45) is 0 Å². The number of nitrogens with zero attached hydrogens (tertiary/aromatic N) is 3. The van der Waals surface area contributed by atoms with E-state index in [4.69, 9.17) is 0 Å². The van der Waals surface area contributed by atoms with Gasteiger partial charge in [0.25, 0.3) is 11.8 Å². The highest BCUT2D eigenvalue weighted by molar-refractivity contribution is 5.98. The number of aromatic nitrogens is 1. The van der Waals surface area contributed by atoms with Gasteiger partial charge in [0, 0.05) is 44.0 Å². The first-order valence-corrected chi connectivity index (χ1v) is 9.01. The van der Waals surface area contributed by atoms with Crippen LogP contribution in [0.3, 0.4) is 0 Å². The number of nitrogens with one attached hydrogen (secondary N) is 1. The quantitative estimate of drug-likeness (QED) is 0.897.